The van der Waals surface area contributed by atoms with Gasteiger partial charge in [0, 0.05) is 61.8 Å². The highest BCUT2D eigenvalue weighted by Gasteiger charge is 2.20. The van der Waals surface area contributed by atoms with Crippen molar-refractivity contribution in [3.05, 3.63) is 63.8 Å². The average molecular weight is 457 g/mol. The van der Waals surface area contributed by atoms with Gasteiger partial charge in [-0.05, 0) is 24.3 Å². The summed E-state index contributed by atoms with van der Waals surface area (Å²) in [5.41, 5.74) is 2.26. The van der Waals surface area contributed by atoms with Crippen LogP contribution in [-0.4, -0.2) is 52.6 Å². The van der Waals surface area contributed by atoms with Gasteiger partial charge in [0.25, 0.3) is 0 Å². The van der Waals surface area contributed by atoms with Crippen molar-refractivity contribution in [2.45, 2.75) is 6.54 Å². The van der Waals surface area contributed by atoms with Crippen LogP contribution in [0.2, 0.25) is 0 Å². The molecule has 7 nitrogen and oxygen atoms in total. The van der Waals surface area contributed by atoms with Crippen molar-refractivity contribution in [2.24, 2.45) is 0 Å². The van der Waals surface area contributed by atoms with Crippen LogP contribution in [0, 0.1) is 11.6 Å². The topological polar surface area (TPSA) is 67.2 Å². The maximum absolute atomic E-state index is 13.7. The number of nitrogens with one attached hydrogen (secondary N) is 1. The Bertz CT molecular complexity index is 1180. The standard InChI is InChI=1S/C24H25F2N3O4/c25-17-10-18(26)12-19(11-17)27-15-16-9-20(28-1-5-31-6-2-28)13-21-22(30)14-23(33-24(16)21)29-3-7-32-8-4-29/h9-14,27H,1-8,15H2. The van der Waals surface area contributed by atoms with E-state index in [9.17, 15) is 13.6 Å². The monoisotopic (exact) mass is 457 g/mol. The number of hydrogen-bond donors (Lipinski definition) is 1. The second-order valence-corrected chi connectivity index (χ2v) is 8.14. The predicted octanol–water partition coefficient (Wildman–Crippen LogP) is 3.36. The van der Waals surface area contributed by atoms with Crippen molar-refractivity contribution in [3.8, 4) is 0 Å². The molecule has 3 aromatic rings. The van der Waals surface area contributed by atoms with E-state index in [1.165, 1.54) is 18.2 Å². The smallest absolute Gasteiger partial charge is 0.200 e. The summed E-state index contributed by atoms with van der Waals surface area (Å²) in [5, 5.41) is 3.54. The Labute approximate surface area is 189 Å². The highest BCUT2D eigenvalue weighted by Crippen LogP contribution is 2.29. The van der Waals surface area contributed by atoms with E-state index < -0.39 is 11.6 Å². The largest absolute Gasteiger partial charge is 0.440 e. The van der Waals surface area contributed by atoms with Crippen LogP contribution in [0.4, 0.5) is 26.0 Å². The van der Waals surface area contributed by atoms with Gasteiger partial charge in [0.1, 0.15) is 17.2 Å². The van der Waals surface area contributed by atoms with E-state index in [0.717, 1.165) is 17.3 Å². The number of rotatable bonds is 5. The average Bonchev–Trinajstić information content (AvgIpc) is 2.83. The van der Waals surface area contributed by atoms with E-state index in [1.807, 2.05) is 17.0 Å². The zero-order valence-electron chi connectivity index (χ0n) is 18.1. The first-order valence-corrected chi connectivity index (χ1v) is 11.0. The summed E-state index contributed by atoms with van der Waals surface area (Å²) in [6, 6.07) is 8.62. The molecule has 0 aliphatic carbocycles. The lowest BCUT2D eigenvalue weighted by Gasteiger charge is -2.30. The minimum atomic E-state index is -0.662. The summed E-state index contributed by atoms with van der Waals surface area (Å²) >= 11 is 0. The third-order valence-electron chi connectivity index (χ3n) is 5.92. The van der Waals surface area contributed by atoms with Gasteiger partial charge in [-0.3, -0.25) is 4.79 Å². The maximum Gasteiger partial charge on any atom is 0.200 e. The minimum absolute atomic E-state index is 0.133. The van der Waals surface area contributed by atoms with Crippen LogP contribution in [0.25, 0.3) is 11.0 Å². The van der Waals surface area contributed by atoms with Crippen LogP contribution in [-0.2, 0) is 16.0 Å². The quantitative estimate of drug-likeness (QED) is 0.630. The molecule has 174 valence electrons. The molecule has 9 heteroatoms. The Kier molecular flexibility index (Phi) is 6.15. The van der Waals surface area contributed by atoms with Gasteiger partial charge in [-0.15, -0.1) is 0 Å². The van der Waals surface area contributed by atoms with E-state index in [-0.39, 0.29) is 12.0 Å². The molecular weight excluding hydrogens is 432 g/mol. The first-order chi connectivity index (χ1) is 16.1. The second-order valence-electron chi connectivity index (χ2n) is 8.14. The number of anilines is 3. The van der Waals surface area contributed by atoms with Gasteiger partial charge in [0.2, 0.25) is 0 Å². The van der Waals surface area contributed by atoms with Gasteiger partial charge in [0.05, 0.1) is 31.8 Å². The molecule has 5 rings (SSSR count). The molecule has 0 saturated carbocycles. The Balaban J connectivity index is 1.56. The molecule has 33 heavy (non-hydrogen) atoms. The number of hydrogen-bond acceptors (Lipinski definition) is 7. The second kappa shape index (κ2) is 9.36. The fourth-order valence-corrected chi connectivity index (χ4v) is 4.23. The van der Waals surface area contributed by atoms with Crippen molar-refractivity contribution >= 4 is 28.2 Å². The molecule has 2 aliphatic heterocycles. The first-order valence-electron chi connectivity index (χ1n) is 11.0. The summed E-state index contributed by atoms with van der Waals surface area (Å²) in [4.78, 5) is 17.3. The third kappa shape index (κ3) is 4.79. The normalized spacial score (nSPS) is 16.9. The van der Waals surface area contributed by atoms with E-state index in [4.69, 9.17) is 13.9 Å². The fourth-order valence-electron chi connectivity index (χ4n) is 4.23. The summed E-state index contributed by atoms with van der Waals surface area (Å²) in [7, 11) is 0. The number of fused-ring (bicyclic) bond motifs is 1. The van der Waals surface area contributed by atoms with Gasteiger partial charge in [-0.25, -0.2) is 8.78 Å². The molecule has 1 aromatic heterocycles. The molecule has 2 aromatic carbocycles. The van der Waals surface area contributed by atoms with Crippen molar-refractivity contribution in [2.75, 3.05) is 67.7 Å². The molecule has 1 N–H and O–H groups in total. The van der Waals surface area contributed by atoms with Crippen LogP contribution < -0.4 is 20.5 Å². The van der Waals surface area contributed by atoms with Crippen molar-refractivity contribution in [1.29, 1.82) is 0 Å². The predicted molar refractivity (Wildman–Crippen MR) is 122 cm³/mol. The number of halogens is 2. The van der Waals surface area contributed by atoms with Crippen LogP contribution in [0.1, 0.15) is 5.56 Å². The van der Waals surface area contributed by atoms with Crippen molar-refractivity contribution < 1.29 is 22.7 Å². The van der Waals surface area contributed by atoms with Crippen LogP contribution in [0.5, 0.6) is 0 Å². The SMILES string of the molecule is O=c1cc(N2CCOCC2)oc2c(CNc3cc(F)cc(F)c3)cc(N3CCOCC3)cc12. The van der Waals surface area contributed by atoms with Crippen LogP contribution in [0.3, 0.4) is 0 Å². The highest BCUT2D eigenvalue weighted by molar-refractivity contribution is 5.85. The molecule has 0 unspecified atom stereocenters. The lowest BCUT2D eigenvalue weighted by molar-refractivity contribution is 0.121. The molecule has 3 heterocycles. The van der Waals surface area contributed by atoms with Gasteiger partial charge in [-0.2, -0.15) is 0 Å². The zero-order chi connectivity index (χ0) is 22.8. The molecule has 0 amide bonds. The van der Waals surface area contributed by atoms with Crippen molar-refractivity contribution in [1.82, 2.24) is 0 Å². The van der Waals surface area contributed by atoms with E-state index in [0.29, 0.717) is 75.1 Å². The summed E-state index contributed by atoms with van der Waals surface area (Å²) in [5.74, 6) is -0.830. The molecule has 2 saturated heterocycles. The lowest BCUT2D eigenvalue weighted by atomic mass is 10.1. The number of nitrogens with zero attached hydrogens (tertiary/aromatic N) is 2. The number of morpholine rings is 2. The third-order valence-corrected chi connectivity index (χ3v) is 5.92. The molecule has 0 bridgehead atoms. The van der Waals surface area contributed by atoms with E-state index in [2.05, 4.69) is 10.2 Å². The fraction of sp³-hybridized carbons (Fsp3) is 0.375. The van der Waals surface area contributed by atoms with Gasteiger partial charge >= 0.3 is 0 Å². The molecule has 2 fully saturated rings. The van der Waals surface area contributed by atoms with Crippen LogP contribution in [0.15, 0.2) is 45.6 Å². The summed E-state index contributed by atoms with van der Waals surface area (Å²) in [6.45, 7) is 5.28. The molecule has 2 aliphatic rings. The highest BCUT2D eigenvalue weighted by atomic mass is 19.1. The Morgan fingerprint density at radius 3 is 2.12 bits per heavy atom. The lowest BCUT2D eigenvalue weighted by Crippen LogP contribution is -2.37. The summed E-state index contributed by atoms with van der Waals surface area (Å²) < 4.78 is 44.4. The molecular formula is C24H25F2N3O4. The molecule has 0 radical (unpaired) electrons. The van der Waals surface area contributed by atoms with Gasteiger partial charge in [0.15, 0.2) is 11.3 Å². The Morgan fingerprint density at radius 1 is 0.818 bits per heavy atom. The molecule has 0 atom stereocenters. The van der Waals surface area contributed by atoms with Crippen molar-refractivity contribution in [3.63, 3.8) is 0 Å². The first kappa shape index (κ1) is 21.7. The van der Waals surface area contributed by atoms with Gasteiger partial charge < -0.3 is 29.0 Å². The van der Waals surface area contributed by atoms with Crippen LogP contribution >= 0.6 is 0 Å². The van der Waals surface area contributed by atoms with Gasteiger partial charge in [-0.1, -0.05) is 0 Å². The Morgan fingerprint density at radius 2 is 1.45 bits per heavy atom. The van der Waals surface area contributed by atoms with E-state index >= 15 is 0 Å². The molecule has 0 spiro atoms. The number of ether oxygens (including phenoxy) is 2. The maximum atomic E-state index is 13.7. The number of benzene rings is 2. The minimum Gasteiger partial charge on any atom is -0.440 e. The zero-order valence-corrected chi connectivity index (χ0v) is 18.1. The van der Waals surface area contributed by atoms with E-state index in [1.54, 1.807) is 0 Å². The Hall–Kier alpha value is -3.17. The summed E-state index contributed by atoms with van der Waals surface area (Å²) in [6.07, 6.45) is 0.